The SMILES string of the molecule is CC(C)(C)OC(=O)Nc1ccc2ncc(C(=O)NO)cc2c1. The molecule has 2 aromatic rings. The van der Waals surface area contributed by atoms with Gasteiger partial charge >= 0.3 is 6.09 Å². The lowest BCUT2D eigenvalue weighted by atomic mass is 10.1. The predicted molar refractivity (Wildman–Crippen MR) is 80.9 cm³/mol. The van der Waals surface area contributed by atoms with Crippen LogP contribution in [0, 0.1) is 0 Å². The summed E-state index contributed by atoms with van der Waals surface area (Å²) in [6.07, 6.45) is 0.790. The number of rotatable bonds is 2. The summed E-state index contributed by atoms with van der Waals surface area (Å²) in [5, 5.41) is 11.9. The highest BCUT2D eigenvalue weighted by molar-refractivity contribution is 5.97. The molecule has 0 bridgehead atoms. The van der Waals surface area contributed by atoms with Crippen LogP contribution in [0.5, 0.6) is 0 Å². The van der Waals surface area contributed by atoms with Crippen molar-refractivity contribution in [2.75, 3.05) is 5.32 Å². The summed E-state index contributed by atoms with van der Waals surface area (Å²) in [6, 6.07) is 6.63. The molecule has 3 N–H and O–H groups in total. The van der Waals surface area contributed by atoms with Gasteiger partial charge < -0.3 is 4.74 Å². The zero-order valence-electron chi connectivity index (χ0n) is 12.5. The molecule has 0 atom stereocenters. The number of fused-ring (bicyclic) bond motifs is 1. The molecule has 22 heavy (non-hydrogen) atoms. The molecule has 7 heteroatoms. The van der Waals surface area contributed by atoms with E-state index in [2.05, 4.69) is 10.3 Å². The van der Waals surface area contributed by atoms with Crippen LogP contribution in [0.2, 0.25) is 0 Å². The molecule has 2 amide bonds. The van der Waals surface area contributed by atoms with E-state index in [9.17, 15) is 9.59 Å². The van der Waals surface area contributed by atoms with Crippen molar-refractivity contribution in [3.8, 4) is 0 Å². The van der Waals surface area contributed by atoms with E-state index in [4.69, 9.17) is 9.94 Å². The molecule has 0 aliphatic rings. The van der Waals surface area contributed by atoms with E-state index in [1.54, 1.807) is 50.5 Å². The van der Waals surface area contributed by atoms with Crippen LogP contribution in [0.1, 0.15) is 31.1 Å². The highest BCUT2D eigenvalue weighted by Crippen LogP contribution is 2.19. The molecule has 0 radical (unpaired) electrons. The van der Waals surface area contributed by atoms with Crippen LogP contribution >= 0.6 is 0 Å². The highest BCUT2D eigenvalue weighted by Gasteiger charge is 2.16. The fraction of sp³-hybridized carbons (Fsp3) is 0.267. The summed E-state index contributed by atoms with van der Waals surface area (Å²) in [7, 11) is 0. The Kier molecular flexibility index (Phi) is 4.27. The zero-order chi connectivity index (χ0) is 16.3. The maximum atomic E-state index is 11.7. The summed E-state index contributed by atoms with van der Waals surface area (Å²) in [6.45, 7) is 5.32. The monoisotopic (exact) mass is 303 g/mol. The second kappa shape index (κ2) is 5.98. The van der Waals surface area contributed by atoms with E-state index in [1.165, 1.54) is 6.20 Å². The number of hydrogen-bond acceptors (Lipinski definition) is 5. The number of amides is 2. The Hall–Kier alpha value is -2.67. The Morgan fingerprint density at radius 2 is 1.95 bits per heavy atom. The number of ether oxygens (including phenoxy) is 1. The van der Waals surface area contributed by atoms with E-state index >= 15 is 0 Å². The Morgan fingerprint density at radius 1 is 1.23 bits per heavy atom. The van der Waals surface area contributed by atoms with Gasteiger partial charge in [-0.3, -0.25) is 20.3 Å². The Morgan fingerprint density at radius 3 is 2.59 bits per heavy atom. The summed E-state index contributed by atoms with van der Waals surface area (Å²) >= 11 is 0. The predicted octanol–water partition coefficient (Wildman–Crippen LogP) is 2.70. The van der Waals surface area contributed by atoms with Crippen LogP contribution in [0.15, 0.2) is 30.5 Å². The van der Waals surface area contributed by atoms with Gasteiger partial charge in [0.05, 0.1) is 11.1 Å². The number of carbonyl (C=O) groups excluding carboxylic acids is 2. The van der Waals surface area contributed by atoms with Gasteiger partial charge in [0.1, 0.15) is 5.60 Å². The van der Waals surface area contributed by atoms with Crippen molar-refractivity contribution in [2.24, 2.45) is 0 Å². The van der Waals surface area contributed by atoms with Crippen LogP contribution in [-0.2, 0) is 4.74 Å². The highest BCUT2D eigenvalue weighted by atomic mass is 16.6. The minimum Gasteiger partial charge on any atom is -0.444 e. The van der Waals surface area contributed by atoms with E-state index in [-0.39, 0.29) is 5.56 Å². The molecule has 1 aromatic heterocycles. The lowest BCUT2D eigenvalue weighted by molar-refractivity contribution is 0.0635. The maximum Gasteiger partial charge on any atom is 0.412 e. The Balaban J connectivity index is 2.25. The Bertz CT molecular complexity index is 722. The van der Waals surface area contributed by atoms with Gasteiger partial charge in [0, 0.05) is 17.3 Å². The van der Waals surface area contributed by atoms with Gasteiger partial charge in [0.25, 0.3) is 5.91 Å². The lowest BCUT2D eigenvalue weighted by Gasteiger charge is -2.19. The molecule has 7 nitrogen and oxygen atoms in total. The number of benzene rings is 1. The van der Waals surface area contributed by atoms with Gasteiger partial charge in [-0.25, -0.2) is 10.3 Å². The molecule has 0 spiro atoms. The second-order valence-electron chi connectivity index (χ2n) is 5.70. The van der Waals surface area contributed by atoms with Crippen LogP contribution < -0.4 is 10.8 Å². The first-order chi connectivity index (χ1) is 10.3. The zero-order valence-corrected chi connectivity index (χ0v) is 12.5. The molecule has 116 valence electrons. The summed E-state index contributed by atoms with van der Waals surface area (Å²) < 4.78 is 5.17. The molecule has 0 saturated heterocycles. The van der Waals surface area contributed by atoms with Crippen molar-refractivity contribution in [2.45, 2.75) is 26.4 Å². The van der Waals surface area contributed by atoms with Crippen molar-refractivity contribution >= 4 is 28.6 Å². The fourth-order valence-corrected chi connectivity index (χ4v) is 1.82. The van der Waals surface area contributed by atoms with Gasteiger partial charge in [-0.1, -0.05) is 0 Å². The smallest absolute Gasteiger partial charge is 0.412 e. The van der Waals surface area contributed by atoms with Crippen molar-refractivity contribution in [3.05, 3.63) is 36.0 Å². The second-order valence-corrected chi connectivity index (χ2v) is 5.70. The molecular weight excluding hydrogens is 286 g/mol. The van der Waals surface area contributed by atoms with Gasteiger partial charge in [-0.2, -0.15) is 0 Å². The third-order valence-electron chi connectivity index (χ3n) is 2.69. The molecule has 0 aliphatic carbocycles. The number of carbonyl (C=O) groups is 2. The fourth-order valence-electron chi connectivity index (χ4n) is 1.82. The lowest BCUT2D eigenvalue weighted by Crippen LogP contribution is -2.27. The van der Waals surface area contributed by atoms with Gasteiger partial charge in [-0.05, 0) is 45.0 Å². The van der Waals surface area contributed by atoms with E-state index in [1.807, 2.05) is 0 Å². The van der Waals surface area contributed by atoms with Crippen LogP contribution in [-0.4, -0.2) is 27.8 Å². The number of nitrogens with zero attached hydrogens (tertiary/aromatic N) is 1. The molecule has 0 saturated carbocycles. The van der Waals surface area contributed by atoms with Crippen molar-refractivity contribution in [1.82, 2.24) is 10.5 Å². The number of nitrogens with one attached hydrogen (secondary N) is 2. The molecule has 1 heterocycles. The molecule has 1 aromatic carbocycles. The number of aromatic nitrogens is 1. The van der Waals surface area contributed by atoms with Crippen LogP contribution in [0.3, 0.4) is 0 Å². The van der Waals surface area contributed by atoms with Crippen LogP contribution in [0.25, 0.3) is 10.9 Å². The molecule has 0 unspecified atom stereocenters. The summed E-state index contributed by atoms with van der Waals surface area (Å²) in [5.74, 6) is -0.653. The maximum absolute atomic E-state index is 11.7. The third kappa shape index (κ3) is 3.92. The normalized spacial score (nSPS) is 11.1. The number of hydrogen-bond donors (Lipinski definition) is 3. The van der Waals surface area contributed by atoms with E-state index in [0.29, 0.717) is 16.6 Å². The summed E-state index contributed by atoms with van der Waals surface area (Å²) in [4.78, 5) is 27.2. The minimum absolute atomic E-state index is 0.212. The minimum atomic E-state index is -0.653. The average molecular weight is 303 g/mol. The first-order valence-electron chi connectivity index (χ1n) is 6.63. The first-order valence-corrected chi connectivity index (χ1v) is 6.63. The topological polar surface area (TPSA) is 101 Å². The summed E-state index contributed by atoms with van der Waals surface area (Å²) in [5.41, 5.74) is 2.35. The first kappa shape index (κ1) is 15.7. The van der Waals surface area contributed by atoms with Crippen molar-refractivity contribution in [3.63, 3.8) is 0 Å². The Labute approximate surface area is 127 Å². The quantitative estimate of drug-likeness (QED) is 0.585. The van der Waals surface area contributed by atoms with Crippen molar-refractivity contribution in [1.29, 1.82) is 0 Å². The van der Waals surface area contributed by atoms with Gasteiger partial charge in [0.15, 0.2) is 0 Å². The molecule has 0 fully saturated rings. The standard InChI is InChI=1S/C15H17N3O4/c1-15(2,3)22-14(20)17-11-4-5-12-9(7-11)6-10(8-16-12)13(19)18-21/h4-8,21H,1-3H3,(H,17,20)(H,18,19). The van der Waals surface area contributed by atoms with Crippen LogP contribution in [0.4, 0.5) is 10.5 Å². The molecule has 2 rings (SSSR count). The number of hydroxylamine groups is 1. The number of anilines is 1. The molecular formula is C15H17N3O4. The van der Waals surface area contributed by atoms with Gasteiger partial charge in [0.2, 0.25) is 0 Å². The van der Waals surface area contributed by atoms with Crippen molar-refractivity contribution < 1.29 is 19.5 Å². The van der Waals surface area contributed by atoms with E-state index in [0.717, 1.165) is 0 Å². The largest absolute Gasteiger partial charge is 0.444 e. The van der Waals surface area contributed by atoms with E-state index < -0.39 is 17.6 Å². The number of pyridine rings is 1. The third-order valence-corrected chi connectivity index (χ3v) is 2.69. The molecule has 0 aliphatic heterocycles. The average Bonchev–Trinajstić information content (AvgIpc) is 2.43. The van der Waals surface area contributed by atoms with Gasteiger partial charge in [-0.15, -0.1) is 0 Å².